The monoisotopic (exact) mass is 220 g/mol. The predicted molar refractivity (Wildman–Crippen MR) is 56.4 cm³/mol. The Hall–Kier alpha value is -2.04. The second-order valence-electron chi connectivity index (χ2n) is 3.41. The van der Waals surface area contributed by atoms with Crippen molar-refractivity contribution in [2.45, 2.75) is 19.9 Å². The van der Waals surface area contributed by atoms with Crippen molar-refractivity contribution in [3.63, 3.8) is 0 Å². The second-order valence-corrected chi connectivity index (χ2v) is 3.41. The molecule has 0 saturated heterocycles. The molecule has 0 radical (unpaired) electrons. The van der Waals surface area contributed by atoms with Crippen molar-refractivity contribution in [1.82, 2.24) is 9.55 Å². The van der Waals surface area contributed by atoms with E-state index in [2.05, 4.69) is 4.98 Å². The number of aromatic nitrogens is 2. The Kier molecular flexibility index (Phi) is 2.76. The highest BCUT2D eigenvalue weighted by Crippen LogP contribution is 2.13. The number of hydrogen-bond donors (Lipinski definition) is 1. The highest BCUT2D eigenvalue weighted by Gasteiger charge is 2.14. The van der Waals surface area contributed by atoms with Gasteiger partial charge in [0, 0.05) is 24.4 Å². The van der Waals surface area contributed by atoms with Gasteiger partial charge in [-0.25, -0.2) is 9.78 Å². The summed E-state index contributed by atoms with van der Waals surface area (Å²) < 4.78 is 6.83. The van der Waals surface area contributed by atoms with Crippen LogP contribution in [0.1, 0.15) is 28.9 Å². The molecule has 0 bridgehead atoms. The van der Waals surface area contributed by atoms with Gasteiger partial charge in [0.1, 0.15) is 5.82 Å². The number of aryl methyl sites for hydroxylation is 1. The zero-order valence-electron chi connectivity index (χ0n) is 8.88. The predicted octanol–water partition coefficient (Wildman–Crippen LogP) is 1.78. The molecule has 0 atom stereocenters. The Bertz CT molecular complexity index is 499. The van der Waals surface area contributed by atoms with E-state index in [1.165, 1.54) is 6.26 Å². The van der Waals surface area contributed by atoms with Crippen molar-refractivity contribution < 1.29 is 14.3 Å². The molecule has 0 aliphatic heterocycles. The van der Waals surface area contributed by atoms with Gasteiger partial charge in [-0.15, -0.1) is 0 Å². The van der Waals surface area contributed by atoms with Crippen LogP contribution in [0.15, 0.2) is 29.1 Å². The van der Waals surface area contributed by atoms with Gasteiger partial charge >= 0.3 is 5.97 Å². The van der Waals surface area contributed by atoms with Gasteiger partial charge in [0.2, 0.25) is 5.76 Å². The summed E-state index contributed by atoms with van der Waals surface area (Å²) in [5, 5.41) is 8.89. The molecule has 0 aromatic carbocycles. The van der Waals surface area contributed by atoms with Crippen LogP contribution in [0.2, 0.25) is 0 Å². The molecule has 0 spiro atoms. The fourth-order valence-corrected chi connectivity index (χ4v) is 1.63. The SMILES string of the molecule is CCc1nccn1Cc1ccoc1C(=O)O. The first-order valence-electron chi connectivity index (χ1n) is 5.02. The van der Waals surface area contributed by atoms with Crippen LogP contribution in [-0.2, 0) is 13.0 Å². The summed E-state index contributed by atoms with van der Waals surface area (Å²) >= 11 is 0. The molecule has 16 heavy (non-hydrogen) atoms. The molecule has 0 amide bonds. The minimum absolute atomic E-state index is 0.00393. The molecule has 1 N–H and O–H groups in total. The van der Waals surface area contributed by atoms with E-state index in [1.54, 1.807) is 12.3 Å². The summed E-state index contributed by atoms with van der Waals surface area (Å²) in [7, 11) is 0. The average Bonchev–Trinajstić information content (AvgIpc) is 2.86. The van der Waals surface area contributed by atoms with Gasteiger partial charge in [-0.2, -0.15) is 0 Å². The van der Waals surface area contributed by atoms with E-state index in [-0.39, 0.29) is 5.76 Å². The van der Waals surface area contributed by atoms with E-state index >= 15 is 0 Å². The van der Waals surface area contributed by atoms with Crippen molar-refractivity contribution in [1.29, 1.82) is 0 Å². The van der Waals surface area contributed by atoms with Crippen LogP contribution in [0.5, 0.6) is 0 Å². The molecule has 2 aromatic rings. The molecule has 0 unspecified atom stereocenters. The minimum atomic E-state index is -1.04. The van der Waals surface area contributed by atoms with Gasteiger partial charge < -0.3 is 14.1 Å². The molecule has 5 heteroatoms. The van der Waals surface area contributed by atoms with Crippen molar-refractivity contribution in [2.75, 3.05) is 0 Å². The normalized spacial score (nSPS) is 10.6. The molecule has 0 fully saturated rings. The summed E-state index contributed by atoms with van der Waals surface area (Å²) in [5.41, 5.74) is 0.653. The Balaban J connectivity index is 2.27. The average molecular weight is 220 g/mol. The van der Waals surface area contributed by atoms with E-state index < -0.39 is 5.97 Å². The maximum atomic E-state index is 10.8. The number of furan rings is 1. The molecular weight excluding hydrogens is 208 g/mol. The van der Waals surface area contributed by atoms with Crippen LogP contribution in [0.25, 0.3) is 0 Å². The van der Waals surface area contributed by atoms with E-state index in [4.69, 9.17) is 9.52 Å². The zero-order chi connectivity index (χ0) is 11.5. The molecular formula is C11H12N2O3. The van der Waals surface area contributed by atoms with Crippen molar-refractivity contribution in [3.8, 4) is 0 Å². The molecule has 2 aromatic heterocycles. The van der Waals surface area contributed by atoms with Crippen LogP contribution in [0.3, 0.4) is 0 Å². The Morgan fingerprint density at radius 3 is 3.12 bits per heavy atom. The lowest BCUT2D eigenvalue weighted by molar-refractivity contribution is 0.0660. The zero-order valence-corrected chi connectivity index (χ0v) is 8.88. The molecule has 2 rings (SSSR count). The number of nitrogens with zero attached hydrogens (tertiary/aromatic N) is 2. The molecule has 5 nitrogen and oxygen atoms in total. The summed E-state index contributed by atoms with van der Waals surface area (Å²) in [5.74, 6) is -0.119. The van der Waals surface area contributed by atoms with Gasteiger partial charge in [-0.3, -0.25) is 0 Å². The summed E-state index contributed by atoms with van der Waals surface area (Å²) in [4.78, 5) is 15.0. The number of carboxylic acids is 1. The molecule has 0 aliphatic rings. The standard InChI is InChI=1S/C11H12N2O3/c1-2-9-12-4-5-13(9)7-8-3-6-16-10(8)11(14)15/h3-6H,2,7H2,1H3,(H,14,15). The lowest BCUT2D eigenvalue weighted by atomic mass is 10.2. The fraction of sp³-hybridized carbons (Fsp3) is 0.273. The van der Waals surface area contributed by atoms with Gasteiger partial charge in [0.15, 0.2) is 0 Å². The van der Waals surface area contributed by atoms with E-state index in [0.717, 1.165) is 12.2 Å². The maximum absolute atomic E-state index is 10.8. The lowest BCUT2D eigenvalue weighted by Gasteiger charge is -2.04. The largest absolute Gasteiger partial charge is 0.475 e. The topological polar surface area (TPSA) is 68.3 Å². The number of hydrogen-bond acceptors (Lipinski definition) is 3. The first kappa shape index (κ1) is 10.5. The van der Waals surface area contributed by atoms with Crippen molar-refractivity contribution in [2.24, 2.45) is 0 Å². The molecule has 0 aliphatic carbocycles. The number of rotatable bonds is 4. The number of aromatic carboxylic acids is 1. The summed E-state index contributed by atoms with van der Waals surface area (Å²) in [6, 6.07) is 1.67. The van der Waals surface area contributed by atoms with Crippen LogP contribution >= 0.6 is 0 Å². The Morgan fingerprint density at radius 1 is 1.62 bits per heavy atom. The van der Waals surface area contributed by atoms with Crippen molar-refractivity contribution in [3.05, 3.63) is 41.9 Å². The van der Waals surface area contributed by atoms with Crippen molar-refractivity contribution >= 4 is 5.97 Å². The third-order valence-electron chi connectivity index (χ3n) is 2.40. The van der Waals surface area contributed by atoms with Gasteiger partial charge in [-0.05, 0) is 6.07 Å². The molecule has 2 heterocycles. The first-order valence-corrected chi connectivity index (χ1v) is 5.02. The summed E-state index contributed by atoms with van der Waals surface area (Å²) in [6.07, 6.45) is 5.74. The third-order valence-corrected chi connectivity index (χ3v) is 2.40. The quantitative estimate of drug-likeness (QED) is 0.852. The minimum Gasteiger partial charge on any atom is -0.475 e. The molecule has 84 valence electrons. The fourth-order valence-electron chi connectivity index (χ4n) is 1.63. The van der Waals surface area contributed by atoms with Gasteiger partial charge in [0.05, 0.1) is 12.8 Å². The van der Waals surface area contributed by atoms with E-state index in [9.17, 15) is 4.79 Å². The number of carbonyl (C=O) groups is 1. The maximum Gasteiger partial charge on any atom is 0.372 e. The van der Waals surface area contributed by atoms with Crippen LogP contribution in [0, 0.1) is 0 Å². The highest BCUT2D eigenvalue weighted by atomic mass is 16.4. The van der Waals surface area contributed by atoms with Crippen LogP contribution in [-0.4, -0.2) is 20.6 Å². The number of carboxylic acid groups (broad SMARTS) is 1. The van der Waals surface area contributed by atoms with E-state index in [0.29, 0.717) is 12.1 Å². The second kappa shape index (κ2) is 4.22. The van der Waals surface area contributed by atoms with E-state index in [1.807, 2.05) is 17.7 Å². The summed E-state index contributed by atoms with van der Waals surface area (Å²) in [6.45, 7) is 2.48. The third kappa shape index (κ3) is 1.84. The first-order chi connectivity index (χ1) is 7.72. The van der Waals surface area contributed by atoms with Crippen LogP contribution in [0.4, 0.5) is 0 Å². The lowest BCUT2D eigenvalue weighted by Crippen LogP contribution is -2.06. The Labute approximate surface area is 92.3 Å². The smallest absolute Gasteiger partial charge is 0.372 e. The Morgan fingerprint density at radius 2 is 2.44 bits per heavy atom. The van der Waals surface area contributed by atoms with Gasteiger partial charge in [-0.1, -0.05) is 6.92 Å². The van der Waals surface area contributed by atoms with Gasteiger partial charge in [0.25, 0.3) is 0 Å². The highest BCUT2D eigenvalue weighted by molar-refractivity contribution is 5.86. The van der Waals surface area contributed by atoms with Crippen LogP contribution < -0.4 is 0 Å². The molecule has 0 saturated carbocycles. The number of imidazole rings is 1.